The van der Waals surface area contributed by atoms with Crippen molar-refractivity contribution in [2.45, 2.75) is 48.0 Å². The van der Waals surface area contributed by atoms with Gasteiger partial charge in [-0.15, -0.1) is 23.5 Å². The van der Waals surface area contributed by atoms with Crippen molar-refractivity contribution in [3.8, 4) is 11.4 Å². The zero-order valence-electron chi connectivity index (χ0n) is 51.0. The molecule has 92 heavy (non-hydrogen) atoms. The van der Waals surface area contributed by atoms with Crippen LogP contribution in [0.3, 0.4) is 0 Å². The van der Waals surface area contributed by atoms with Crippen molar-refractivity contribution in [1.29, 1.82) is 0 Å². The number of allylic oxidation sites excluding steroid dienone is 6. The maximum atomic E-state index is 2.56. The van der Waals surface area contributed by atoms with Crippen LogP contribution >= 0.6 is 23.5 Å². The van der Waals surface area contributed by atoms with Crippen molar-refractivity contribution >= 4 is 187 Å². The first-order valence-corrected chi connectivity index (χ1v) is 33.8. The van der Waals surface area contributed by atoms with Crippen molar-refractivity contribution < 1.29 is 0 Å². The van der Waals surface area contributed by atoms with E-state index in [-0.39, 0.29) is 10.5 Å². The highest BCUT2D eigenvalue weighted by atomic mass is 32.2. The first kappa shape index (κ1) is 51.3. The van der Waals surface area contributed by atoms with E-state index in [1.807, 2.05) is 23.5 Å². The molecule has 6 heteroatoms. The van der Waals surface area contributed by atoms with Crippen LogP contribution in [-0.2, 0) is 0 Å². The second kappa shape index (κ2) is 18.6. The van der Waals surface area contributed by atoms with E-state index >= 15 is 0 Å². The molecular formula is C86H56N4S2+2. The van der Waals surface area contributed by atoms with Crippen molar-refractivity contribution in [1.82, 2.24) is 18.3 Å². The van der Waals surface area contributed by atoms with Gasteiger partial charge < -0.3 is 9.13 Å². The number of benzene rings is 15. The summed E-state index contributed by atoms with van der Waals surface area (Å²) in [6.45, 7) is 8.90. The summed E-state index contributed by atoms with van der Waals surface area (Å²) in [5.74, 6) is 0. The van der Waals surface area contributed by atoms with Crippen molar-refractivity contribution in [2.75, 3.05) is 0 Å². The van der Waals surface area contributed by atoms with Gasteiger partial charge in [0.1, 0.15) is 10.5 Å². The monoisotopic (exact) mass is 1210 g/mol. The zero-order valence-corrected chi connectivity index (χ0v) is 52.6. The van der Waals surface area contributed by atoms with E-state index in [0.717, 1.165) is 11.4 Å². The van der Waals surface area contributed by atoms with Gasteiger partial charge in [-0.05, 0) is 197 Å². The number of rotatable bonds is 4. The van der Waals surface area contributed by atoms with Crippen molar-refractivity contribution in [3.63, 3.8) is 0 Å². The molecule has 0 N–H and O–H groups in total. The standard InChI is InChI=1S/C86H56N4S2/c1-47-33-48(2)36-61(35-47)89-71-45-73-79(43-67(71)85-65-29-25-53-13-9-11-51-19-23-57(41-75(85)89)83(65)81(51)53)91-77-17-7-5-15-69(77)87(73)59-27-31-63-55(39-59)21-22-56-40-60(28-32-64(56)63)88-70-16-6-8-18-78(70)92-80-44-68-72(46-74(80)88)90(62-37-49(3)34-50(4)38-62)76-42-58-24-20-52-12-10-14-54-26-30-66(86(68)76)84(58)82(52)54/h5-46,77-78H,1-4H3/q+2. The SMILES string of the molecule is Cc1cc(C)cc(-n2c3cc4c(cc3c3c5ccc6cccc7ccc(cc32)c5c76)SC2C=CC=CC2=[N+]4c2ccc3c(ccc4cc([N+]5=C6C=CC=CC6Sc6cc7c8c9ccc%10cccc%11ccc(cc8n(-c8cc(C)cc(C)c8)c7cc65)c9c%11%10)ccc43)c2)c1. The van der Waals surface area contributed by atoms with Crippen LogP contribution in [0.2, 0.25) is 0 Å². The molecule has 0 amide bonds. The Bertz CT molecular complexity index is 6030. The van der Waals surface area contributed by atoms with Gasteiger partial charge in [-0.1, -0.05) is 146 Å². The number of aromatic nitrogens is 2. The van der Waals surface area contributed by atoms with E-state index in [0.29, 0.717) is 0 Å². The fourth-order valence-electron chi connectivity index (χ4n) is 17.0. The Kier molecular flexibility index (Phi) is 10.4. The van der Waals surface area contributed by atoms with Gasteiger partial charge in [0.25, 0.3) is 0 Å². The Balaban J connectivity index is 0.737. The highest BCUT2D eigenvalue weighted by Gasteiger charge is 2.39. The summed E-state index contributed by atoms with van der Waals surface area (Å²) < 4.78 is 10.2. The summed E-state index contributed by atoms with van der Waals surface area (Å²) in [4.78, 5) is 2.56. The van der Waals surface area contributed by atoms with E-state index in [2.05, 4.69) is 301 Å². The van der Waals surface area contributed by atoms with Gasteiger partial charge in [-0.3, -0.25) is 0 Å². The first-order chi connectivity index (χ1) is 45.2. The molecule has 0 saturated carbocycles. The molecule has 0 fully saturated rings. The Morgan fingerprint density at radius 3 is 1.13 bits per heavy atom. The highest BCUT2D eigenvalue weighted by molar-refractivity contribution is 8.01. The van der Waals surface area contributed by atoms with Crippen molar-refractivity contribution in [2.24, 2.45) is 0 Å². The van der Waals surface area contributed by atoms with Crippen LogP contribution in [0.25, 0.3) is 141 Å². The molecule has 430 valence electrons. The number of hydrogen-bond acceptors (Lipinski definition) is 2. The van der Waals surface area contributed by atoms with Crippen LogP contribution < -0.4 is 9.15 Å². The molecule has 21 rings (SSSR count). The van der Waals surface area contributed by atoms with Gasteiger partial charge >= 0.3 is 0 Å². The molecular weight excluding hydrogens is 1150 g/mol. The molecule has 0 radical (unpaired) electrons. The summed E-state index contributed by atoms with van der Waals surface area (Å²) in [7, 11) is 0. The van der Waals surface area contributed by atoms with Gasteiger partial charge in [0, 0.05) is 81.5 Å². The highest BCUT2D eigenvalue weighted by Crippen LogP contribution is 2.52. The third-order valence-electron chi connectivity index (χ3n) is 20.6. The van der Waals surface area contributed by atoms with Crippen LogP contribution in [-0.4, -0.2) is 31.1 Å². The zero-order chi connectivity index (χ0) is 60.5. The normalized spacial score (nSPS) is 16.3. The summed E-state index contributed by atoms with van der Waals surface area (Å²) in [5.41, 5.74) is 19.5. The largest absolute Gasteiger partial charge is 0.309 e. The average Bonchev–Trinajstić information content (AvgIpc) is 1.48. The Labute approximate surface area is 538 Å². The minimum Gasteiger partial charge on any atom is -0.309 e. The molecule has 2 aromatic heterocycles. The molecule has 2 aliphatic heterocycles. The van der Waals surface area contributed by atoms with Crippen LogP contribution in [0.4, 0.5) is 22.7 Å². The van der Waals surface area contributed by atoms with Crippen molar-refractivity contribution in [3.05, 3.63) is 277 Å². The van der Waals surface area contributed by atoms with Gasteiger partial charge in [0.2, 0.25) is 34.2 Å². The minimum absolute atomic E-state index is 0.152. The van der Waals surface area contributed by atoms with Gasteiger partial charge in [-0.25, -0.2) is 0 Å². The molecule has 4 heterocycles. The molecule has 0 saturated heterocycles. The van der Waals surface area contributed by atoms with E-state index in [1.54, 1.807) is 0 Å². The second-order valence-corrected chi connectivity index (χ2v) is 28.6. The fourth-order valence-corrected chi connectivity index (χ4v) is 19.4. The van der Waals surface area contributed by atoms with Crippen LogP contribution in [0.15, 0.2) is 265 Å². The van der Waals surface area contributed by atoms with Gasteiger partial charge in [0.15, 0.2) is 0 Å². The molecule has 4 aliphatic rings. The average molecular weight is 1210 g/mol. The third kappa shape index (κ3) is 7.11. The van der Waals surface area contributed by atoms with E-state index in [1.165, 1.54) is 196 Å². The lowest BCUT2D eigenvalue weighted by molar-refractivity contribution is 1.02. The minimum atomic E-state index is 0.152. The quantitative estimate of drug-likeness (QED) is 0.129. The number of aryl methyl sites for hydroxylation is 4. The lowest BCUT2D eigenvalue weighted by Crippen LogP contribution is -2.29. The van der Waals surface area contributed by atoms with Crippen LogP contribution in [0, 0.1) is 27.7 Å². The van der Waals surface area contributed by atoms with Gasteiger partial charge in [-0.2, -0.15) is 9.15 Å². The van der Waals surface area contributed by atoms with Gasteiger partial charge in [0.05, 0.1) is 31.9 Å². The first-order valence-electron chi connectivity index (χ1n) is 32.1. The third-order valence-corrected chi connectivity index (χ3v) is 23.0. The lowest BCUT2D eigenvalue weighted by atomic mass is 9.92. The number of nitrogens with zero attached hydrogens (tertiary/aromatic N) is 4. The van der Waals surface area contributed by atoms with E-state index in [9.17, 15) is 0 Å². The molecule has 2 atom stereocenters. The summed E-state index contributed by atoms with van der Waals surface area (Å²) in [5, 5.41) is 26.1. The number of thioether (sulfide) groups is 2. The smallest absolute Gasteiger partial charge is 0.227 e. The molecule has 0 bridgehead atoms. The Morgan fingerprint density at radius 2 is 0.696 bits per heavy atom. The number of hydrogen-bond donors (Lipinski definition) is 0. The van der Waals surface area contributed by atoms with Crippen LogP contribution in [0.5, 0.6) is 0 Å². The van der Waals surface area contributed by atoms with Crippen LogP contribution in [0.1, 0.15) is 22.3 Å². The molecule has 2 unspecified atom stereocenters. The summed E-state index contributed by atoms with van der Waals surface area (Å²) in [6.07, 6.45) is 18.3. The molecule has 15 aromatic carbocycles. The molecule has 0 spiro atoms. The summed E-state index contributed by atoms with van der Waals surface area (Å²) >= 11 is 3.94. The van der Waals surface area contributed by atoms with E-state index < -0.39 is 0 Å². The molecule has 4 nitrogen and oxygen atoms in total. The molecule has 17 aromatic rings. The predicted molar refractivity (Wildman–Crippen MR) is 398 cm³/mol. The second-order valence-electron chi connectivity index (χ2n) is 26.3. The molecule has 2 aliphatic carbocycles. The van der Waals surface area contributed by atoms with E-state index in [4.69, 9.17) is 0 Å². The Hall–Kier alpha value is -10.5. The predicted octanol–water partition coefficient (Wildman–Crippen LogP) is 23.0. The number of fused-ring (bicyclic) bond motifs is 15. The maximum Gasteiger partial charge on any atom is 0.227 e. The maximum absolute atomic E-state index is 2.56. The topological polar surface area (TPSA) is 15.9 Å². The summed E-state index contributed by atoms with van der Waals surface area (Å²) in [6, 6.07) is 80.2. The lowest BCUT2D eigenvalue weighted by Gasteiger charge is -2.23. The fraction of sp³-hybridized carbons (Fsp3) is 0.0698. The Morgan fingerprint density at radius 1 is 0.304 bits per heavy atom.